The Morgan fingerprint density at radius 2 is 2.15 bits per heavy atom. The topological polar surface area (TPSA) is 170 Å². The molecule has 1 aromatic carbocycles. The molecule has 0 saturated heterocycles. The van der Waals surface area contributed by atoms with E-state index in [4.69, 9.17) is 10.6 Å². The van der Waals surface area contributed by atoms with Crippen molar-refractivity contribution in [2.45, 2.75) is 12.2 Å². The van der Waals surface area contributed by atoms with Crippen LogP contribution in [0.5, 0.6) is 0 Å². The third-order valence-electron chi connectivity index (χ3n) is 2.49. The zero-order chi connectivity index (χ0) is 15.3. The Labute approximate surface area is 111 Å². The van der Waals surface area contributed by atoms with E-state index in [1.807, 2.05) is 0 Å². The second-order valence-electron chi connectivity index (χ2n) is 3.76. The van der Waals surface area contributed by atoms with E-state index in [1.54, 1.807) is 0 Å². The molecule has 10 heteroatoms. The highest BCUT2D eigenvalue weighted by Gasteiger charge is 2.24. The number of carboxylic acids is 1. The summed E-state index contributed by atoms with van der Waals surface area (Å²) in [7, 11) is 0. The van der Waals surface area contributed by atoms with Crippen LogP contribution < -0.4 is 0 Å². The largest absolute Gasteiger partial charge is 0.477 e. The number of aliphatic hydroxyl groups excluding tert-OH is 2. The van der Waals surface area contributed by atoms with E-state index in [-0.39, 0.29) is 5.56 Å². The van der Waals surface area contributed by atoms with Crippen molar-refractivity contribution in [3.05, 3.63) is 49.9 Å². The molecule has 20 heavy (non-hydrogen) atoms. The first kappa shape index (κ1) is 15.4. The van der Waals surface area contributed by atoms with E-state index in [9.17, 15) is 25.1 Å². The van der Waals surface area contributed by atoms with E-state index >= 15 is 0 Å². The predicted molar refractivity (Wildman–Crippen MR) is 65.0 cm³/mol. The number of aliphatic hydroxyl groups is 2. The molecular formula is C10H10N4O6. The van der Waals surface area contributed by atoms with Crippen LogP contribution in [0.15, 0.2) is 23.3 Å². The molecule has 0 aromatic heterocycles. The van der Waals surface area contributed by atoms with Crippen LogP contribution in [-0.2, 0) is 0 Å². The van der Waals surface area contributed by atoms with Crippen molar-refractivity contribution in [2.24, 2.45) is 5.11 Å². The molecule has 106 valence electrons. The molecule has 10 nitrogen and oxygen atoms in total. The van der Waals surface area contributed by atoms with Crippen LogP contribution in [0.1, 0.15) is 22.0 Å². The predicted octanol–water partition coefficient (Wildman–Crippen LogP) is 0.998. The van der Waals surface area contributed by atoms with Gasteiger partial charge in [-0.3, -0.25) is 10.1 Å². The first-order chi connectivity index (χ1) is 9.38. The van der Waals surface area contributed by atoms with Gasteiger partial charge in [0.05, 0.1) is 17.6 Å². The fourth-order valence-corrected chi connectivity index (χ4v) is 1.51. The summed E-state index contributed by atoms with van der Waals surface area (Å²) >= 11 is 0. The lowest BCUT2D eigenvalue weighted by molar-refractivity contribution is -0.385. The number of azide groups is 1. The number of rotatable bonds is 6. The van der Waals surface area contributed by atoms with Gasteiger partial charge < -0.3 is 15.3 Å². The summed E-state index contributed by atoms with van der Waals surface area (Å²) in [5.41, 5.74) is 6.83. The van der Waals surface area contributed by atoms with Crippen molar-refractivity contribution in [3.8, 4) is 0 Å². The Bertz CT molecular complexity index is 583. The minimum absolute atomic E-state index is 0.0337. The molecule has 0 fully saturated rings. The number of hydrogen-bond acceptors (Lipinski definition) is 6. The molecule has 0 aliphatic heterocycles. The van der Waals surface area contributed by atoms with Gasteiger partial charge in [-0.25, -0.2) is 4.79 Å². The standard InChI is InChI=1S/C10H10N4O6/c11-13-12-4-8(15)9(16)5-1-2-7(14(19)20)6(3-5)10(17)18/h1-3,8-9,15-16H,4H2,(H,17,18). The first-order valence-electron chi connectivity index (χ1n) is 5.27. The Hall–Kier alpha value is -2.68. The molecule has 1 aromatic rings. The normalized spacial score (nSPS) is 13.1. The van der Waals surface area contributed by atoms with Crippen LogP contribution in [0.2, 0.25) is 0 Å². The third-order valence-corrected chi connectivity index (χ3v) is 2.49. The van der Waals surface area contributed by atoms with Gasteiger partial charge in [0.25, 0.3) is 5.69 Å². The summed E-state index contributed by atoms with van der Waals surface area (Å²) in [6.07, 6.45) is -2.98. The maximum atomic E-state index is 10.9. The highest BCUT2D eigenvalue weighted by molar-refractivity contribution is 5.92. The molecule has 2 unspecified atom stereocenters. The number of nitro groups is 1. The molecular weight excluding hydrogens is 272 g/mol. The van der Waals surface area contributed by atoms with E-state index < -0.39 is 40.9 Å². The molecule has 0 amide bonds. The molecule has 0 aliphatic rings. The summed E-state index contributed by atoms with van der Waals surface area (Å²) in [4.78, 5) is 23.1. The average Bonchev–Trinajstić information content (AvgIpc) is 2.42. The molecule has 0 aliphatic carbocycles. The summed E-state index contributed by atoms with van der Waals surface area (Å²) in [5.74, 6) is -1.53. The maximum Gasteiger partial charge on any atom is 0.342 e. The van der Waals surface area contributed by atoms with Gasteiger partial charge in [0, 0.05) is 11.0 Å². The number of hydrogen-bond donors (Lipinski definition) is 3. The van der Waals surface area contributed by atoms with Crippen molar-refractivity contribution in [1.29, 1.82) is 0 Å². The zero-order valence-electron chi connectivity index (χ0n) is 9.95. The quantitative estimate of drug-likeness (QED) is 0.231. The number of carbonyl (C=O) groups is 1. The number of nitro benzene ring substituents is 1. The minimum atomic E-state index is -1.53. The SMILES string of the molecule is [N-]=[N+]=NCC(O)C(O)c1ccc([N+](=O)[O-])c(C(=O)O)c1. The first-order valence-corrected chi connectivity index (χ1v) is 5.27. The van der Waals surface area contributed by atoms with Gasteiger partial charge in [0.1, 0.15) is 11.7 Å². The van der Waals surface area contributed by atoms with Gasteiger partial charge in [0.2, 0.25) is 0 Å². The van der Waals surface area contributed by atoms with Crippen molar-refractivity contribution in [1.82, 2.24) is 0 Å². The van der Waals surface area contributed by atoms with Gasteiger partial charge in [-0.1, -0.05) is 5.11 Å². The van der Waals surface area contributed by atoms with E-state index in [1.165, 1.54) is 0 Å². The van der Waals surface area contributed by atoms with Crippen molar-refractivity contribution in [3.63, 3.8) is 0 Å². The molecule has 1 rings (SSSR count). The monoisotopic (exact) mass is 282 g/mol. The maximum absolute atomic E-state index is 10.9. The molecule has 2 atom stereocenters. The zero-order valence-corrected chi connectivity index (χ0v) is 9.95. The van der Waals surface area contributed by atoms with Crippen LogP contribution >= 0.6 is 0 Å². The van der Waals surface area contributed by atoms with Gasteiger partial charge in [-0.05, 0) is 23.2 Å². The number of aromatic carboxylic acids is 1. The van der Waals surface area contributed by atoms with Gasteiger partial charge in [-0.2, -0.15) is 0 Å². The van der Waals surface area contributed by atoms with Gasteiger partial charge >= 0.3 is 5.97 Å². The highest BCUT2D eigenvalue weighted by atomic mass is 16.6. The lowest BCUT2D eigenvalue weighted by atomic mass is 10.0. The van der Waals surface area contributed by atoms with Crippen LogP contribution in [0.4, 0.5) is 5.69 Å². The number of carboxylic acid groups (broad SMARTS) is 1. The summed E-state index contributed by atoms with van der Waals surface area (Å²) in [6.45, 7) is -0.420. The van der Waals surface area contributed by atoms with E-state index in [0.29, 0.717) is 0 Å². The van der Waals surface area contributed by atoms with Crippen molar-refractivity contribution >= 4 is 11.7 Å². The fraction of sp³-hybridized carbons (Fsp3) is 0.300. The Balaban J connectivity index is 3.14. The lowest BCUT2D eigenvalue weighted by Gasteiger charge is -2.16. The third kappa shape index (κ3) is 3.42. The Kier molecular flexibility index (Phi) is 4.98. The number of benzene rings is 1. The molecule has 0 bridgehead atoms. The minimum Gasteiger partial charge on any atom is -0.477 e. The molecule has 0 heterocycles. The highest BCUT2D eigenvalue weighted by Crippen LogP contribution is 2.25. The fourth-order valence-electron chi connectivity index (χ4n) is 1.51. The molecule has 0 radical (unpaired) electrons. The van der Waals surface area contributed by atoms with Gasteiger partial charge in [-0.15, -0.1) is 0 Å². The van der Waals surface area contributed by atoms with E-state index in [0.717, 1.165) is 18.2 Å². The van der Waals surface area contributed by atoms with Crippen LogP contribution in [0.3, 0.4) is 0 Å². The molecule has 0 spiro atoms. The summed E-state index contributed by atoms with van der Waals surface area (Å²) in [5, 5.41) is 41.9. The second-order valence-corrected chi connectivity index (χ2v) is 3.76. The molecule has 0 saturated carbocycles. The average molecular weight is 282 g/mol. The summed E-state index contributed by atoms with van der Waals surface area (Å²) in [6, 6.07) is 2.93. The number of nitrogens with zero attached hydrogens (tertiary/aromatic N) is 4. The Morgan fingerprint density at radius 3 is 2.65 bits per heavy atom. The van der Waals surface area contributed by atoms with Crippen LogP contribution in [0, 0.1) is 10.1 Å². The van der Waals surface area contributed by atoms with Gasteiger partial charge in [0.15, 0.2) is 0 Å². The smallest absolute Gasteiger partial charge is 0.342 e. The summed E-state index contributed by atoms with van der Waals surface area (Å²) < 4.78 is 0. The Morgan fingerprint density at radius 1 is 1.50 bits per heavy atom. The van der Waals surface area contributed by atoms with E-state index in [2.05, 4.69) is 10.0 Å². The van der Waals surface area contributed by atoms with Crippen LogP contribution in [0.25, 0.3) is 10.4 Å². The van der Waals surface area contributed by atoms with Crippen LogP contribution in [-0.4, -0.2) is 38.9 Å². The lowest BCUT2D eigenvalue weighted by Crippen LogP contribution is -2.21. The van der Waals surface area contributed by atoms with Crippen molar-refractivity contribution < 1.29 is 25.0 Å². The molecule has 3 N–H and O–H groups in total. The second kappa shape index (κ2) is 6.48. The van der Waals surface area contributed by atoms with Crippen molar-refractivity contribution in [2.75, 3.05) is 6.54 Å².